The molecule has 2 aromatic carbocycles. The van der Waals surface area contributed by atoms with E-state index in [2.05, 4.69) is 5.32 Å². The molecule has 2 amide bonds. The molecule has 1 fully saturated rings. The lowest BCUT2D eigenvalue weighted by molar-refractivity contribution is -0.385. The van der Waals surface area contributed by atoms with Gasteiger partial charge in [-0.25, -0.2) is 4.39 Å². The van der Waals surface area contributed by atoms with Gasteiger partial charge in [0.1, 0.15) is 5.82 Å². The summed E-state index contributed by atoms with van der Waals surface area (Å²) in [6, 6.07) is 9.43. The maximum Gasteiger partial charge on any atom is 0.273 e. The summed E-state index contributed by atoms with van der Waals surface area (Å²) in [4.78, 5) is 36.4. The Labute approximate surface area is 148 Å². The molecule has 2 aromatic rings. The number of halogens is 1. The highest BCUT2D eigenvalue weighted by atomic mass is 19.1. The van der Waals surface area contributed by atoms with Crippen LogP contribution in [0, 0.1) is 22.9 Å². The predicted molar refractivity (Wildman–Crippen MR) is 92.5 cm³/mol. The van der Waals surface area contributed by atoms with Crippen molar-refractivity contribution in [1.29, 1.82) is 0 Å². The first-order valence-corrected chi connectivity index (χ1v) is 7.97. The van der Waals surface area contributed by atoms with Crippen LogP contribution in [0.1, 0.15) is 22.3 Å². The van der Waals surface area contributed by atoms with Gasteiger partial charge in [0.25, 0.3) is 11.6 Å². The lowest BCUT2D eigenvalue weighted by Gasteiger charge is -2.17. The number of carbonyl (C=O) groups is 2. The van der Waals surface area contributed by atoms with Crippen molar-refractivity contribution in [2.75, 3.05) is 11.4 Å². The highest BCUT2D eigenvalue weighted by molar-refractivity contribution is 5.99. The van der Waals surface area contributed by atoms with Crippen LogP contribution in [0.25, 0.3) is 0 Å². The van der Waals surface area contributed by atoms with Gasteiger partial charge in [-0.15, -0.1) is 0 Å². The van der Waals surface area contributed by atoms with E-state index in [-0.39, 0.29) is 30.1 Å². The molecule has 0 bridgehead atoms. The van der Waals surface area contributed by atoms with Crippen molar-refractivity contribution < 1.29 is 18.9 Å². The summed E-state index contributed by atoms with van der Waals surface area (Å²) >= 11 is 0. The Morgan fingerprint density at radius 3 is 2.77 bits per heavy atom. The zero-order valence-electron chi connectivity index (χ0n) is 13.9. The molecule has 0 saturated carbocycles. The fourth-order valence-corrected chi connectivity index (χ4v) is 2.91. The van der Waals surface area contributed by atoms with E-state index in [1.165, 1.54) is 41.3 Å². The third-order valence-corrected chi connectivity index (χ3v) is 4.25. The average Bonchev–Trinajstić information content (AvgIpc) is 2.95. The Hall–Kier alpha value is -3.29. The lowest BCUT2D eigenvalue weighted by Crippen LogP contribution is -2.37. The molecule has 0 aliphatic carbocycles. The molecule has 134 valence electrons. The summed E-state index contributed by atoms with van der Waals surface area (Å²) < 4.78 is 13.3. The van der Waals surface area contributed by atoms with Crippen molar-refractivity contribution >= 4 is 23.2 Å². The van der Waals surface area contributed by atoms with Crippen molar-refractivity contribution in [2.45, 2.75) is 19.4 Å². The molecule has 0 aromatic heterocycles. The highest BCUT2D eigenvalue weighted by Gasteiger charge is 2.32. The molecule has 7 nitrogen and oxygen atoms in total. The number of aryl methyl sites for hydroxylation is 1. The number of amides is 2. The number of anilines is 1. The molecule has 26 heavy (non-hydrogen) atoms. The fourth-order valence-electron chi connectivity index (χ4n) is 2.91. The van der Waals surface area contributed by atoms with Crippen LogP contribution in [0.2, 0.25) is 0 Å². The summed E-state index contributed by atoms with van der Waals surface area (Å²) in [6.07, 6.45) is 0.0796. The van der Waals surface area contributed by atoms with Gasteiger partial charge < -0.3 is 10.2 Å². The van der Waals surface area contributed by atoms with Crippen molar-refractivity contribution in [2.24, 2.45) is 0 Å². The average molecular weight is 357 g/mol. The third-order valence-electron chi connectivity index (χ3n) is 4.25. The molecule has 1 saturated heterocycles. The number of carbonyl (C=O) groups excluding carboxylic acids is 2. The Morgan fingerprint density at radius 2 is 2.08 bits per heavy atom. The number of nitro benzene ring substituents is 1. The smallest absolute Gasteiger partial charge is 0.273 e. The number of hydrogen-bond acceptors (Lipinski definition) is 4. The van der Waals surface area contributed by atoms with E-state index >= 15 is 0 Å². The van der Waals surface area contributed by atoms with E-state index in [1.54, 1.807) is 13.0 Å². The van der Waals surface area contributed by atoms with Crippen LogP contribution in [-0.2, 0) is 4.79 Å². The number of nitrogens with one attached hydrogen (secondary N) is 1. The number of benzene rings is 2. The van der Waals surface area contributed by atoms with E-state index in [9.17, 15) is 24.1 Å². The number of nitro groups is 1. The van der Waals surface area contributed by atoms with Gasteiger partial charge in [0.2, 0.25) is 5.91 Å². The first kappa shape index (κ1) is 17.5. The molecule has 0 unspecified atom stereocenters. The van der Waals surface area contributed by atoms with Crippen molar-refractivity contribution in [3.8, 4) is 0 Å². The normalized spacial score (nSPS) is 16.6. The fraction of sp³-hybridized carbons (Fsp3) is 0.222. The van der Waals surface area contributed by atoms with Crippen LogP contribution in [0.3, 0.4) is 0 Å². The Kier molecular flexibility index (Phi) is 4.66. The number of nitrogens with zero attached hydrogens (tertiary/aromatic N) is 2. The van der Waals surface area contributed by atoms with Crippen LogP contribution in [-0.4, -0.2) is 29.3 Å². The minimum atomic E-state index is -0.545. The number of rotatable bonds is 4. The van der Waals surface area contributed by atoms with E-state index in [0.29, 0.717) is 11.3 Å². The standard InChI is InChI=1S/C18H16FN3O4/c1-11-5-6-12(7-16(11)22(25)26)18(24)20-14-9-17(23)21(10-14)15-4-2-3-13(19)8-15/h2-8,14H,9-10H2,1H3,(H,20,24)/t14-/m0/s1. The van der Waals surface area contributed by atoms with E-state index in [1.807, 2.05) is 0 Å². The van der Waals surface area contributed by atoms with Crippen LogP contribution in [0.15, 0.2) is 42.5 Å². The van der Waals surface area contributed by atoms with Crippen LogP contribution >= 0.6 is 0 Å². The van der Waals surface area contributed by atoms with E-state index < -0.39 is 22.7 Å². The lowest BCUT2D eigenvalue weighted by atomic mass is 10.1. The Balaban J connectivity index is 1.72. The molecule has 8 heteroatoms. The van der Waals surface area contributed by atoms with Crippen LogP contribution in [0.5, 0.6) is 0 Å². The van der Waals surface area contributed by atoms with Gasteiger partial charge >= 0.3 is 0 Å². The quantitative estimate of drug-likeness (QED) is 0.672. The van der Waals surface area contributed by atoms with Gasteiger partial charge in [0.05, 0.1) is 11.0 Å². The highest BCUT2D eigenvalue weighted by Crippen LogP contribution is 2.23. The summed E-state index contributed by atoms with van der Waals surface area (Å²) in [7, 11) is 0. The summed E-state index contributed by atoms with van der Waals surface area (Å²) in [5.74, 6) is -1.17. The summed E-state index contributed by atoms with van der Waals surface area (Å²) in [5, 5.41) is 13.7. The second kappa shape index (κ2) is 6.91. The first-order chi connectivity index (χ1) is 12.3. The molecule has 1 N–H and O–H groups in total. The summed E-state index contributed by atoms with van der Waals surface area (Å²) in [6.45, 7) is 1.80. The minimum Gasteiger partial charge on any atom is -0.347 e. The van der Waals surface area contributed by atoms with E-state index in [4.69, 9.17) is 0 Å². The second-order valence-corrected chi connectivity index (χ2v) is 6.12. The zero-order chi connectivity index (χ0) is 18.8. The molecule has 1 aliphatic rings. The largest absolute Gasteiger partial charge is 0.347 e. The topological polar surface area (TPSA) is 92.6 Å². The molecular weight excluding hydrogens is 341 g/mol. The Morgan fingerprint density at radius 1 is 1.31 bits per heavy atom. The van der Waals surface area contributed by atoms with Crippen molar-refractivity contribution in [3.63, 3.8) is 0 Å². The second-order valence-electron chi connectivity index (χ2n) is 6.12. The monoisotopic (exact) mass is 357 g/mol. The molecule has 1 heterocycles. The maximum atomic E-state index is 13.3. The molecule has 1 aliphatic heterocycles. The SMILES string of the molecule is Cc1ccc(C(=O)N[C@H]2CC(=O)N(c3cccc(F)c3)C2)cc1[N+](=O)[O-]. The zero-order valence-corrected chi connectivity index (χ0v) is 13.9. The van der Waals surface area contributed by atoms with Gasteiger partial charge in [0.15, 0.2) is 0 Å². The van der Waals surface area contributed by atoms with Crippen molar-refractivity contribution in [3.05, 3.63) is 69.5 Å². The minimum absolute atomic E-state index is 0.0796. The molecule has 0 radical (unpaired) electrons. The van der Waals surface area contributed by atoms with Gasteiger partial charge in [-0.2, -0.15) is 0 Å². The molecule has 1 atom stereocenters. The van der Waals surface area contributed by atoms with Crippen LogP contribution < -0.4 is 10.2 Å². The summed E-state index contributed by atoms with van der Waals surface area (Å²) in [5.41, 5.74) is 0.901. The van der Waals surface area contributed by atoms with E-state index in [0.717, 1.165) is 0 Å². The van der Waals surface area contributed by atoms with Gasteiger partial charge in [-0.1, -0.05) is 12.1 Å². The van der Waals surface area contributed by atoms with Gasteiger partial charge in [-0.05, 0) is 31.2 Å². The first-order valence-electron chi connectivity index (χ1n) is 7.97. The third kappa shape index (κ3) is 3.53. The van der Waals surface area contributed by atoms with Crippen LogP contribution in [0.4, 0.5) is 15.8 Å². The van der Waals surface area contributed by atoms with Gasteiger partial charge in [-0.3, -0.25) is 19.7 Å². The number of hydrogen-bond donors (Lipinski definition) is 1. The molecule has 3 rings (SSSR count). The Bertz CT molecular complexity index is 900. The van der Waals surface area contributed by atoms with Crippen molar-refractivity contribution in [1.82, 2.24) is 5.32 Å². The maximum absolute atomic E-state index is 13.3. The molecule has 0 spiro atoms. The predicted octanol–water partition coefficient (Wildman–Crippen LogP) is 2.58. The molecular formula is C18H16FN3O4. The van der Waals surface area contributed by atoms with Gasteiger partial charge in [0, 0.05) is 35.8 Å².